The lowest BCUT2D eigenvalue weighted by Crippen LogP contribution is -2.07. The molecule has 1 aromatic carbocycles. The van der Waals surface area contributed by atoms with Crippen LogP contribution in [0.4, 0.5) is 5.82 Å². The van der Waals surface area contributed by atoms with E-state index in [2.05, 4.69) is 43.2 Å². The largest absolute Gasteiger partial charge is 0.383 e. The summed E-state index contributed by atoms with van der Waals surface area (Å²) < 4.78 is 1.73. The first-order chi connectivity index (χ1) is 10.1. The van der Waals surface area contributed by atoms with Crippen molar-refractivity contribution in [3.05, 3.63) is 47.3 Å². The third-order valence-electron chi connectivity index (χ3n) is 3.82. The minimum atomic E-state index is 0.661. The smallest absolute Gasteiger partial charge is 0.157 e. The standard InChI is InChI=1S/C17H20N4/c1-4-12-6-8-13(9-7-12)16-14(5-2)19-15-10-11(3)20-21(15)17(16)18/h6-10H,4-5,18H2,1-3H3. The van der Waals surface area contributed by atoms with Gasteiger partial charge in [0.2, 0.25) is 0 Å². The first kappa shape index (κ1) is 13.6. The lowest BCUT2D eigenvalue weighted by atomic mass is 10.0. The molecule has 3 aromatic rings. The Hall–Kier alpha value is -2.36. The van der Waals surface area contributed by atoms with Crippen LogP contribution in [0.15, 0.2) is 30.3 Å². The van der Waals surface area contributed by atoms with Gasteiger partial charge in [0.1, 0.15) is 5.82 Å². The van der Waals surface area contributed by atoms with Crippen molar-refractivity contribution in [1.82, 2.24) is 14.6 Å². The SMILES string of the molecule is CCc1ccc(-c2c(CC)nc3cc(C)nn3c2N)cc1. The molecule has 2 aromatic heterocycles. The normalized spacial score (nSPS) is 11.2. The van der Waals surface area contributed by atoms with Crippen molar-refractivity contribution < 1.29 is 0 Å². The second kappa shape index (κ2) is 5.20. The predicted octanol–water partition coefficient (Wildman–Crippen LogP) is 3.41. The first-order valence-electron chi connectivity index (χ1n) is 7.38. The Morgan fingerprint density at radius 1 is 1.10 bits per heavy atom. The highest BCUT2D eigenvalue weighted by molar-refractivity contribution is 5.78. The van der Waals surface area contributed by atoms with Gasteiger partial charge in [-0.3, -0.25) is 0 Å². The van der Waals surface area contributed by atoms with Gasteiger partial charge in [-0.15, -0.1) is 0 Å². The Balaban J connectivity index is 2.25. The van der Waals surface area contributed by atoms with E-state index in [4.69, 9.17) is 10.7 Å². The molecule has 4 heteroatoms. The summed E-state index contributed by atoms with van der Waals surface area (Å²) in [4.78, 5) is 4.71. The molecule has 2 N–H and O–H groups in total. The van der Waals surface area contributed by atoms with Gasteiger partial charge in [-0.25, -0.2) is 4.98 Å². The average molecular weight is 280 g/mol. The van der Waals surface area contributed by atoms with Gasteiger partial charge in [0, 0.05) is 11.6 Å². The summed E-state index contributed by atoms with van der Waals surface area (Å²) in [7, 11) is 0. The van der Waals surface area contributed by atoms with Crippen molar-refractivity contribution in [1.29, 1.82) is 0 Å². The molecule has 0 radical (unpaired) electrons. The van der Waals surface area contributed by atoms with E-state index in [1.165, 1.54) is 5.56 Å². The summed E-state index contributed by atoms with van der Waals surface area (Å²) in [6.45, 7) is 6.21. The van der Waals surface area contributed by atoms with Crippen LogP contribution in [0.3, 0.4) is 0 Å². The van der Waals surface area contributed by atoms with Gasteiger partial charge in [-0.05, 0) is 30.9 Å². The number of fused-ring (bicyclic) bond motifs is 1. The van der Waals surface area contributed by atoms with E-state index >= 15 is 0 Å². The molecule has 0 saturated heterocycles. The van der Waals surface area contributed by atoms with Crippen LogP contribution in [0.2, 0.25) is 0 Å². The number of hydrogen-bond acceptors (Lipinski definition) is 3. The number of nitrogen functional groups attached to an aromatic ring is 1. The Morgan fingerprint density at radius 2 is 1.81 bits per heavy atom. The number of nitrogens with two attached hydrogens (primary N) is 1. The van der Waals surface area contributed by atoms with E-state index in [0.29, 0.717) is 5.82 Å². The fourth-order valence-electron chi connectivity index (χ4n) is 2.67. The molecule has 0 aliphatic heterocycles. The lowest BCUT2D eigenvalue weighted by Gasteiger charge is -2.12. The Kier molecular flexibility index (Phi) is 3.37. The second-order valence-corrected chi connectivity index (χ2v) is 5.28. The molecule has 0 aliphatic rings. The van der Waals surface area contributed by atoms with E-state index < -0.39 is 0 Å². The third-order valence-corrected chi connectivity index (χ3v) is 3.82. The van der Waals surface area contributed by atoms with Crippen LogP contribution in [-0.4, -0.2) is 14.6 Å². The molecule has 0 atom stereocenters. The zero-order valence-corrected chi connectivity index (χ0v) is 12.7. The van der Waals surface area contributed by atoms with Gasteiger partial charge in [0.15, 0.2) is 5.65 Å². The quantitative estimate of drug-likeness (QED) is 0.800. The van der Waals surface area contributed by atoms with E-state index in [0.717, 1.165) is 41.0 Å². The zero-order valence-electron chi connectivity index (χ0n) is 12.7. The monoisotopic (exact) mass is 280 g/mol. The highest BCUT2D eigenvalue weighted by Gasteiger charge is 2.15. The summed E-state index contributed by atoms with van der Waals surface area (Å²) in [5.41, 5.74) is 12.5. The molecule has 3 rings (SSSR count). The number of aryl methyl sites for hydroxylation is 3. The molecule has 0 saturated carbocycles. The van der Waals surface area contributed by atoms with Crippen molar-refractivity contribution in [2.24, 2.45) is 0 Å². The Bertz CT molecular complexity index is 785. The van der Waals surface area contributed by atoms with Crippen molar-refractivity contribution >= 4 is 11.5 Å². The Labute approximate surface area is 124 Å². The van der Waals surface area contributed by atoms with Crippen LogP contribution in [0, 0.1) is 6.92 Å². The van der Waals surface area contributed by atoms with Crippen molar-refractivity contribution in [2.75, 3.05) is 5.73 Å². The van der Waals surface area contributed by atoms with Crippen LogP contribution >= 0.6 is 0 Å². The van der Waals surface area contributed by atoms with Gasteiger partial charge in [0.05, 0.1) is 11.4 Å². The van der Waals surface area contributed by atoms with E-state index in [9.17, 15) is 0 Å². The summed E-state index contributed by atoms with van der Waals surface area (Å²) >= 11 is 0. The van der Waals surface area contributed by atoms with Crippen LogP contribution in [0.1, 0.15) is 30.8 Å². The number of hydrogen-bond donors (Lipinski definition) is 1. The summed E-state index contributed by atoms with van der Waals surface area (Å²) in [6, 6.07) is 10.5. The van der Waals surface area contributed by atoms with Crippen LogP contribution < -0.4 is 5.73 Å². The maximum Gasteiger partial charge on any atom is 0.157 e. The molecular weight excluding hydrogens is 260 g/mol. The number of nitrogens with zero attached hydrogens (tertiary/aromatic N) is 3. The molecule has 21 heavy (non-hydrogen) atoms. The molecule has 4 nitrogen and oxygen atoms in total. The molecule has 2 heterocycles. The minimum Gasteiger partial charge on any atom is -0.383 e. The van der Waals surface area contributed by atoms with Crippen molar-refractivity contribution in [3.63, 3.8) is 0 Å². The van der Waals surface area contributed by atoms with Gasteiger partial charge >= 0.3 is 0 Å². The number of aromatic nitrogens is 3. The molecule has 108 valence electrons. The first-order valence-corrected chi connectivity index (χ1v) is 7.38. The second-order valence-electron chi connectivity index (χ2n) is 5.28. The molecule has 0 aliphatic carbocycles. The average Bonchev–Trinajstić information content (AvgIpc) is 2.88. The van der Waals surface area contributed by atoms with E-state index in [1.54, 1.807) is 4.52 Å². The number of rotatable bonds is 3. The van der Waals surface area contributed by atoms with Crippen LogP contribution in [0.25, 0.3) is 16.8 Å². The zero-order chi connectivity index (χ0) is 15.0. The minimum absolute atomic E-state index is 0.661. The number of anilines is 1. The Morgan fingerprint density at radius 3 is 2.43 bits per heavy atom. The van der Waals surface area contributed by atoms with Gasteiger partial charge in [-0.2, -0.15) is 9.61 Å². The molecular formula is C17H20N4. The summed E-state index contributed by atoms with van der Waals surface area (Å²) in [5, 5.41) is 4.44. The number of benzene rings is 1. The molecule has 0 unspecified atom stereocenters. The highest BCUT2D eigenvalue weighted by Crippen LogP contribution is 2.30. The summed E-state index contributed by atoms with van der Waals surface area (Å²) in [6.07, 6.45) is 1.88. The third kappa shape index (κ3) is 2.27. The topological polar surface area (TPSA) is 56.2 Å². The van der Waals surface area contributed by atoms with Gasteiger partial charge < -0.3 is 5.73 Å². The molecule has 0 spiro atoms. The molecule has 0 bridgehead atoms. The maximum absolute atomic E-state index is 6.37. The predicted molar refractivity (Wildman–Crippen MR) is 86.3 cm³/mol. The van der Waals surface area contributed by atoms with E-state index in [1.807, 2.05) is 13.0 Å². The summed E-state index contributed by atoms with van der Waals surface area (Å²) in [5.74, 6) is 0.661. The lowest BCUT2D eigenvalue weighted by molar-refractivity contribution is 0.910. The van der Waals surface area contributed by atoms with Gasteiger partial charge in [-0.1, -0.05) is 38.1 Å². The van der Waals surface area contributed by atoms with E-state index in [-0.39, 0.29) is 0 Å². The van der Waals surface area contributed by atoms with Gasteiger partial charge in [0.25, 0.3) is 0 Å². The highest BCUT2D eigenvalue weighted by atomic mass is 15.3. The molecule has 0 fully saturated rings. The molecule has 0 amide bonds. The maximum atomic E-state index is 6.37. The van der Waals surface area contributed by atoms with Crippen molar-refractivity contribution in [3.8, 4) is 11.1 Å². The van der Waals surface area contributed by atoms with Crippen molar-refractivity contribution in [2.45, 2.75) is 33.6 Å². The van der Waals surface area contributed by atoms with Crippen LogP contribution in [-0.2, 0) is 12.8 Å². The fraction of sp³-hybridized carbons (Fsp3) is 0.294. The van der Waals surface area contributed by atoms with Crippen LogP contribution in [0.5, 0.6) is 0 Å². The fourth-order valence-corrected chi connectivity index (χ4v) is 2.67.